The molecular formula is C28H37N3O3. The first-order valence-electron chi connectivity index (χ1n) is 12.5. The molecule has 6 heteroatoms. The van der Waals surface area contributed by atoms with Gasteiger partial charge in [-0.25, -0.2) is 4.68 Å². The molecule has 2 aromatic carbocycles. The van der Waals surface area contributed by atoms with Crippen molar-refractivity contribution >= 4 is 0 Å². The lowest BCUT2D eigenvalue weighted by molar-refractivity contribution is 0.0186. The van der Waals surface area contributed by atoms with Gasteiger partial charge in [0.25, 0.3) is 0 Å². The third kappa shape index (κ3) is 6.47. The van der Waals surface area contributed by atoms with Gasteiger partial charge in [0.05, 0.1) is 29.7 Å². The largest absolute Gasteiger partial charge is 0.439 e. The number of para-hydroxylation sites is 1. The summed E-state index contributed by atoms with van der Waals surface area (Å²) in [5, 5.41) is 15.6. The van der Waals surface area contributed by atoms with Crippen molar-refractivity contribution in [3.8, 4) is 17.3 Å². The van der Waals surface area contributed by atoms with Crippen LogP contribution in [-0.4, -0.2) is 52.2 Å². The van der Waals surface area contributed by atoms with Crippen LogP contribution in [0.4, 0.5) is 0 Å². The maximum Gasteiger partial charge on any atom is 0.227 e. The van der Waals surface area contributed by atoms with E-state index in [0.29, 0.717) is 32.2 Å². The van der Waals surface area contributed by atoms with Gasteiger partial charge in [0.15, 0.2) is 0 Å². The molecule has 1 aromatic heterocycles. The lowest BCUT2D eigenvalue weighted by Gasteiger charge is -2.25. The van der Waals surface area contributed by atoms with Gasteiger partial charge in [-0.1, -0.05) is 42.8 Å². The number of rotatable bonds is 13. The Kier molecular flexibility index (Phi) is 8.38. The van der Waals surface area contributed by atoms with Crippen molar-refractivity contribution in [2.75, 3.05) is 26.3 Å². The van der Waals surface area contributed by atoms with E-state index in [1.165, 1.54) is 18.4 Å². The molecule has 1 atom stereocenters. The molecule has 1 saturated carbocycles. The fourth-order valence-electron chi connectivity index (χ4n) is 4.19. The van der Waals surface area contributed by atoms with Crippen LogP contribution >= 0.6 is 0 Å². The molecule has 0 saturated heterocycles. The smallest absolute Gasteiger partial charge is 0.227 e. The second-order valence-electron chi connectivity index (χ2n) is 9.20. The number of aromatic nitrogens is 2. The molecule has 0 amide bonds. The topological polar surface area (TPSA) is 59.8 Å². The molecule has 1 fully saturated rings. The van der Waals surface area contributed by atoms with Gasteiger partial charge in [0.2, 0.25) is 5.88 Å². The van der Waals surface area contributed by atoms with Gasteiger partial charge in [0, 0.05) is 26.2 Å². The average molecular weight is 464 g/mol. The van der Waals surface area contributed by atoms with Gasteiger partial charge in [-0.05, 0) is 63.3 Å². The summed E-state index contributed by atoms with van der Waals surface area (Å²) in [5.74, 6) is 2.23. The van der Waals surface area contributed by atoms with E-state index in [9.17, 15) is 5.11 Å². The summed E-state index contributed by atoms with van der Waals surface area (Å²) in [7, 11) is 0. The van der Waals surface area contributed by atoms with Crippen molar-refractivity contribution in [3.05, 3.63) is 71.4 Å². The lowest BCUT2D eigenvalue weighted by Crippen LogP contribution is -2.36. The summed E-state index contributed by atoms with van der Waals surface area (Å²) >= 11 is 0. The molecule has 1 aliphatic rings. The highest BCUT2D eigenvalue weighted by Gasteiger charge is 2.28. The van der Waals surface area contributed by atoms with Gasteiger partial charge in [-0.2, -0.15) is 5.10 Å². The normalized spacial score (nSPS) is 14.5. The fraction of sp³-hybridized carbons (Fsp3) is 0.464. The molecule has 1 aliphatic carbocycles. The van der Waals surface area contributed by atoms with Gasteiger partial charge in [0.1, 0.15) is 5.75 Å². The predicted molar refractivity (Wildman–Crippen MR) is 135 cm³/mol. The Bertz CT molecular complexity index is 1030. The highest BCUT2D eigenvalue weighted by Crippen LogP contribution is 2.34. The molecule has 34 heavy (non-hydrogen) atoms. The number of hydrogen-bond acceptors (Lipinski definition) is 5. The third-order valence-corrected chi connectivity index (χ3v) is 6.17. The first-order valence-corrected chi connectivity index (χ1v) is 12.5. The minimum atomic E-state index is -0.519. The molecule has 6 nitrogen and oxygen atoms in total. The Morgan fingerprint density at radius 2 is 1.82 bits per heavy atom. The van der Waals surface area contributed by atoms with Crippen LogP contribution in [0.5, 0.6) is 11.6 Å². The summed E-state index contributed by atoms with van der Waals surface area (Å²) in [6.45, 7) is 9.33. The maximum absolute atomic E-state index is 10.6. The van der Waals surface area contributed by atoms with E-state index in [0.717, 1.165) is 41.5 Å². The van der Waals surface area contributed by atoms with Gasteiger partial charge in [-0.3, -0.25) is 4.90 Å². The van der Waals surface area contributed by atoms with Gasteiger partial charge >= 0.3 is 0 Å². The summed E-state index contributed by atoms with van der Waals surface area (Å²) in [6, 6.07) is 18.2. The van der Waals surface area contributed by atoms with Crippen LogP contribution in [-0.2, 0) is 17.7 Å². The standard InChI is InChI=1S/C28H37N3O3/c1-4-27-26(19-30(17-22-13-14-22)18-24(32)20-33-5-2)28(34-25-15-11-21(3)12-16-25)31(29-27)23-9-7-6-8-10-23/h6-12,15-16,22,24,32H,4-5,13-14,17-20H2,1-3H3. The van der Waals surface area contributed by atoms with Crippen LogP contribution in [0.3, 0.4) is 0 Å². The quantitative estimate of drug-likeness (QED) is 0.380. The molecule has 4 rings (SSSR count). The van der Waals surface area contributed by atoms with Crippen molar-refractivity contribution in [3.63, 3.8) is 0 Å². The van der Waals surface area contributed by atoms with E-state index in [4.69, 9.17) is 14.6 Å². The van der Waals surface area contributed by atoms with Crippen molar-refractivity contribution in [2.24, 2.45) is 5.92 Å². The summed E-state index contributed by atoms with van der Waals surface area (Å²) in [6.07, 6.45) is 2.80. The number of hydrogen-bond donors (Lipinski definition) is 1. The van der Waals surface area contributed by atoms with Crippen LogP contribution in [0, 0.1) is 12.8 Å². The molecule has 1 unspecified atom stereocenters. The Labute approximate surface area is 203 Å². The average Bonchev–Trinajstić information content (AvgIpc) is 3.60. The molecule has 0 radical (unpaired) electrons. The number of benzene rings is 2. The Morgan fingerprint density at radius 1 is 1.09 bits per heavy atom. The number of aliphatic hydroxyl groups excluding tert-OH is 1. The molecule has 3 aromatic rings. The lowest BCUT2D eigenvalue weighted by atomic mass is 10.1. The SMILES string of the molecule is CCOCC(O)CN(Cc1c(CC)nn(-c2ccccc2)c1Oc1ccc(C)cc1)CC1CC1. The molecule has 1 heterocycles. The maximum atomic E-state index is 10.6. The van der Waals surface area contributed by atoms with E-state index in [-0.39, 0.29) is 0 Å². The number of aliphatic hydroxyl groups is 1. The second kappa shape index (κ2) is 11.6. The minimum absolute atomic E-state index is 0.355. The van der Waals surface area contributed by atoms with Crippen molar-refractivity contribution in [1.82, 2.24) is 14.7 Å². The van der Waals surface area contributed by atoms with E-state index in [1.807, 2.05) is 54.1 Å². The first kappa shape index (κ1) is 24.5. The Hall–Kier alpha value is -2.67. The zero-order chi connectivity index (χ0) is 23.9. The Balaban J connectivity index is 1.68. The van der Waals surface area contributed by atoms with Crippen LogP contribution < -0.4 is 4.74 Å². The highest BCUT2D eigenvalue weighted by atomic mass is 16.5. The van der Waals surface area contributed by atoms with Crippen LogP contribution in [0.2, 0.25) is 0 Å². The Morgan fingerprint density at radius 3 is 2.47 bits per heavy atom. The minimum Gasteiger partial charge on any atom is -0.439 e. The van der Waals surface area contributed by atoms with Crippen LogP contribution in [0.15, 0.2) is 54.6 Å². The van der Waals surface area contributed by atoms with E-state index in [1.54, 1.807) is 0 Å². The number of ether oxygens (including phenoxy) is 2. The fourth-order valence-corrected chi connectivity index (χ4v) is 4.19. The molecule has 1 N–H and O–H groups in total. The summed E-state index contributed by atoms with van der Waals surface area (Å²) in [5.41, 5.74) is 4.26. The van der Waals surface area contributed by atoms with Crippen molar-refractivity contribution < 1.29 is 14.6 Å². The highest BCUT2D eigenvalue weighted by molar-refractivity contribution is 5.44. The monoisotopic (exact) mass is 463 g/mol. The first-order chi connectivity index (χ1) is 16.6. The third-order valence-electron chi connectivity index (χ3n) is 6.17. The zero-order valence-corrected chi connectivity index (χ0v) is 20.6. The zero-order valence-electron chi connectivity index (χ0n) is 20.6. The number of nitrogens with zero attached hydrogens (tertiary/aromatic N) is 3. The predicted octanol–water partition coefficient (Wildman–Crippen LogP) is 5.14. The molecule has 182 valence electrons. The van der Waals surface area contributed by atoms with Crippen molar-refractivity contribution in [1.29, 1.82) is 0 Å². The summed E-state index contributed by atoms with van der Waals surface area (Å²) in [4.78, 5) is 2.34. The van der Waals surface area contributed by atoms with E-state index >= 15 is 0 Å². The van der Waals surface area contributed by atoms with Gasteiger partial charge < -0.3 is 14.6 Å². The van der Waals surface area contributed by atoms with Crippen LogP contribution in [0.25, 0.3) is 5.69 Å². The molecule has 0 aliphatic heterocycles. The van der Waals surface area contributed by atoms with Gasteiger partial charge in [-0.15, -0.1) is 0 Å². The molecular weight excluding hydrogens is 426 g/mol. The van der Waals surface area contributed by atoms with Crippen molar-refractivity contribution in [2.45, 2.75) is 52.7 Å². The molecule has 0 bridgehead atoms. The second-order valence-corrected chi connectivity index (χ2v) is 9.20. The van der Waals surface area contributed by atoms with E-state index < -0.39 is 6.10 Å². The molecule has 0 spiro atoms. The van der Waals surface area contributed by atoms with Crippen LogP contribution in [0.1, 0.15) is 43.5 Å². The number of aryl methyl sites for hydroxylation is 2. The summed E-state index contributed by atoms with van der Waals surface area (Å²) < 4.78 is 13.9. The van der Waals surface area contributed by atoms with E-state index in [2.05, 4.69) is 30.9 Å².